The SMILES string of the molecule is NC(=O)OCCOCCOCCOCCNC(=O)c1ccnc(Cn2ccc3ccc(CNCc4[nH]c5ccccc5c4C4NC(=O)c5ccc(O)cc54)cc32)c1. The number of hydrogen-bond acceptors (Lipinski definition) is 10. The van der Waals surface area contributed by atoms with Gasteiger partial charge in [0, 0.05) is 70.8 Å². The van der Waals surface area contributed by atoms with Crippen LogP contribution in [0.2, 0.25) is 0 Å². The number of pyridine rings is 1. The lowest BCUT2D eigenvalue weighted by Gasteiger charge is -2.15. The second-order valence-electron chi connectivity index (χ2n) is 13.5. The van der Waals surface area contributed by atoms with Crippen LogP contribution in [0.3, 0.4) is 0 Å². The van der Waals surface area contributed by atoms with Crippen LogP contribution in [-0.4, -0.2) is 90.3 Å². The number of aromatic nitrogens is 3. The molecule has 0 bridgehead atoms. The molecule has 1 aliphatic rings. The number of ether oxygens (including phenoxy) is 4. The molecule has 0 saturated heterocycles. The number of aromatic hydroxyl groups is 1. The summed E-state index contributed by atoms with van der Waals surface area (Å²) in [6.45, 7) is 4.12. The normalized spacial score (nSPS) is 13.5. The highest BCUT2D eigenvalue weighted by Crippen LogP contribution is 2.38. The highest BCUT2D eigenvalue weighted by Gasteiger charge is 2.33. The monoisotopic (exact) mass is 775 g/mol. The lowest BCUT2D eigenvalue weighted by atomic mass is 9.95. The molecular weight excluding hydrogens is 731 g/mol. The molecule has 6 aromatic rings. The molecule has 15 heteroatoms. The van der Waals surface area contributed by atoms with Gasteiger partial charge >= 0.3 is 6.09 Å². The Balaban J connectivity index is 0.901. The molecular formula is C42H45N7O8. The molecule has 0 radical (unpaired) electrons. The van der Waals surface area contributed by atoms with E-state index in [0.717, 1.165) is 49.9 Å². The van der Waals surface area contributed by atoms with E-state index in [-0.39, 0.29) is 30.8 Å². The van der Waals surface area contributed by atoms with Gasteiger partial charge in [-0.25, -0.2) is 4.79 Å². The van der Waals surface area contributed by atoms with Crippen molar-refractivity contribution in [2.24, 2.45) is 5.73 Å². The first-order valence-corrected chi connectivity index (χ1v) is 18.7. The summed E-state index contributed by atoms with van der Waals surface area (Å²) in [5.41, 5.74) is 12.5. The van der Waals surface area contributed by atoms with Crippen molar-refractivity contribution < 1.29 is 38.4 Å². The summed E-state index contributed by atoms with van der Waals surface area (Å²) in [6, 6.07) is 24.4. The first kappa shape index (κ1) is 39.0. The van der Waals surface area contributed by atoms with E-state index in [0.29, 0.717) is 70.3 Å². The maximum atomic E-state index is 12.9. The van der Waals surface area contributed by atoms with E-state index in [1.807, 2.05) is 30.5 Å². The number of para-hydroxylation sites is 1. The van der Waals surface area contributed by atoms with Crippen molar-refractivity contribution in [3.63, 3.8) is 0 Å². The fourth-order valence-corrected chi connectivity index (χ4v) is 6.97. The maximum absolute atomic E-state index is 12.9. The number of amides is 3. The van der Waals surface area contributed by atoms with Gasteiger partial charge in [0.05, 0.1) is 57.9 Å². The number of nitrogens with two attached hydrogens (primary N) is 1. The van der Waals surface area contributed by atoms with Gasteiger partial charge in [-0.15, -0.1) is 0 Å². The number of benzene rings is 3. The maximum Gasteiger partial charge on any atom is 0.404 e. The average Bonchev–Trinajstić information content (AvgIpc) is 3.88. The number of carbonyl (C=O) groups is 3. The Morgan fingerprint density at radius 2 is 1.67 bits per heavy atom. The second kappa shape index (κ2) is 18.6. The predicted molar refractivity (Wildman–Crippen MR) is 212 cm³/mol. The van der Waals surface area contributed by atoms with Crippen LogP contribution in [0.1, 0.15) is 54.8 Å². The molecule has 3 aromatic carbocycles. The zero-order valence-corrected chi connectivity index (χ0v) is 31.3. The summed E-state index contributed by atoms with van der Waals surface area (Å²) < 4.78 is 22.9. The number of fused-ring (bicyclic) bond motifs is 3. The predicted octanol–water partition coefficient (Wildman–Crippen LogP) is 4.27. The van der Waals surface area contributed by atoms with Crippen molar-refractivity contribution in [1.82, 2.24) is 30.5 Å². The van der Waals surface area contributed by atoms with Crippen LogP contribution in [0, 0.1) is 0 Å². The number of phenols is 1. The lowest BCUT2D eigenvalue weighted by Crippen LogP contribution is -2.28. The topological polar surface area (TPSA) is 204 Å². The third-order valence-corrected chi connectivity index (χ3v) is 9.61. The highest BCUT2D eigenvalue weighted by atomic mass is 16.6. The van der Waals surface area contributed by atoms with E-state index in [1.165, 1.54) is 6.07 Å². The molecule has 7 N–H and O–H groups in total. The number of rotatable bonds is 20. The molecule has 1 atom stereocenters. The number of hydrogen-bond donors (Lipinski definition) is 6. The third kappa shape index (κ3) is 9.77. The van der Waals surface area contributed by atoms with Crippen molar-refractivity contribution in [2.45, 2.75) is 25.7 Å². The summed E-state index contributed by atoms with van der Waals surface area (Å²) in [5.74, 6) is -0.250. The van der Waals surface area contributed by atoms with Crippen molar-refractivity contribution in [2.75, 3.05) is 52.8 Å². The minimum absolute atomic E-state index is 0.1000. The van der Waals surface area contributed by atoms with Crippen LogP contribution in [0.5, 0.6) is 5.75 Å². The number of primary amides is 1. The Kier molecular flexibility index (Phi) is 12.7. The lowest BCUT2D eigenvalue weighted by molar-refractivity contribution is 0.00673. The van der Waals surface area contributed by atoms with E-state index >= 15 is 0 Å². The molecule has 3 amide bonds. The van der Waals surface area contributed by atoms with Crippen LogP contribution in [0.25, 0.3) is 21.8 Å². The molecule has 1 aliphatic heterocycles. The zero-order chi connectivity index (χ0) is 39.6. The Morgan fingerprint density at radius 3 is 2.49 bits per heavy atom. The van der Waals surface area contributed by atoms with Gasteiger partial charge in [0.25, 0.3) is 11.8 Å². The van der Waals surface area contributed by atoms with E-state index in [4.69, 9.17) is 19.9 Å². The fraction of sp³-hybridized carbons (Fsp3) is 0.286. The van der Waals surface area contributed by atoms with Crippen LogP contribution < -0.4 is 21.7 Å². The molecule has 0 spiro atoms. The van der Waals surface area contributed by atoms with Gasteiger partial charge in [0.2, 0.25) is 0 Å². The standard InChI is InChI=1S/C42H45N7O8/c43-42(53)57-20-19-56-18-17-55-16-15-54-14-12-46-40(51)29-9-11-45-30(22-29)26-49-13-10-28-6-5-27(21-37(28)49)24-44-25-36-38(33-3-1-2-4-35(33)47-36)39-34-23-31(50)7-8-32(34)41(52)48-39/h1-11,13,21-23,39,44,47,50H,12,14-20,24-26H2,(H2,43,53)(H,46,51)(H,48,52). The Labute approximate surface area is 328 Å². The van der Waals surface area contributed by atoms with Gasteiger partial charge in [-0.2, -0.15) is 0 Å². The minimum Gasteiger partial charge on any atom is -0.508 e. The van der Waals surface area contributed by atoms with E-state index in [1.54, 1.807) is 30.5 Å². The highest BCUT2D eigenvalue weighted by molar-refractivity contribution is 6.01. The van der Waals surface area contributed by atoms with E-state index in [2.05, 4.69) is 59.5 Å². The Hall–Kier alpha value is -6.26. The number of phenolic OH excluding ortho intramolecular Hbond substituents is 1. The third-order valence-electron chi connectivity index (χ3n) is 9.61. The van der Waals surface area contributed by atoms with Gasteiger partial charge in [0.1, 0.15) is 12.4 Å². The van der Waals surface area contributed by atoms with Crippen LogP contribution in [-0.2, 0) is 38.6 Å². The summed E-state index contributed by atoms with van der Waals surface area (Å²) in [7, 11) is 0. The van der Waals surface area contributed by atoms with Gasteiger partial charge in [-0.3, -0.25) is 14.6 Å². The van der Waals surface area contributed by atoms with Gasteiger partial charge in [-0.05, 0) is 65.0 Å². The number of carbonyl (C=O) groups excluding carboxylic acids is 3. The Bertz CT molecular complexity index is 2360. The van der Waals surface area contributed by atoms with Crippen LogP contribution >= 0.6 is 0 Å². The first-order chi connectivity index (χ1) is 27.8. The molecule has 1 unspecified atom stereocenters. The quantitative estimate of drug-likeness (QED) is 0.0608. The molecule has 0 saturated carbocycles. The minimum atomic E-state index is -0.832. The molecule has 0 fully saturated rings. The fourth-order valence-electron chi connectivity index (χ4n) is 6.97. The van der Waals surface area contributed by atoms with Crippen LogP contribution in [0.4, 0.5) is 4.79 Å². The Morgan fingerprint density at radius 1 is 0.877 bits per heavy atom. The van der Waals surface area contributed by atoms with Crippen molar-refractivity contribution in [3.05, 3.63) is 130 Å². The molecule has 0 aliphatic carbocycles. The van der Waals surface area contributed by atoms with E-state index < -0.39 is 12.1 Å². The summed E-state index contributed by atoms with van der Waals surface area (Å²) in [6.07, 6.45) is 2.83. The molecule has 57 heavy (non-hydrogen) atoms. The van der Waals surface area contributed by atoms with Gasteiger partial charge in [-0.1, -0.05) is 30.3 Å². The number of nitrogens with one attached hydrogen (secondary N) is 4. The summed E-state index contributed by atoms with van der Waals surface area (Å²) in [5, 5.41) is 21.9. The van der Waals surface area contributed by atoms with Crippen molar-refractivity contribution in [3.8, 4) is 5.75 Å². The molecule has 296 valence electrons. The molecule has 3 aromatic heterocycles. The second-order valence-corrected chi connectivity index (χ2v) is 13.5. The zero-order valence-electron chi connectivity index (χ0n) is 31.3. The number of nitrogens with zero attached hydrogens (tertiary/aromatic N) is 2. The summed E-state index contributed by atoms with van der Waals surface area (Å²) in [4.78, 5) is 44.3. The smallest absolute Gasteiger partial charge is 0.404 e. The average molecular weight is 776 g/mol. The largest absolute Gasteiger partial charge is 0.508 e. The number of H-pyrrole nitrogens is 1. The van der Waals surface area contributed by atoms with Crippen LogP contribution in [0.15, 0.2) is 91.3 Å². The van der Waals surface area contributed by atoms with Gasteiger partial charge in [0.15, 0.2) is 0 Å². The van der Waals surface area contributed by atoms with E-state index in [9.17, 15) is 19.5 Å². The first-order valence-electron chi connectivity index (χ1n) is 18.7. The van der Waals surface area contributed by atoms with Crippen molar-refractivity contribution in [1.29, 1.82) is 0 Å². The summed E-state index contributed by atoms with van der Waals surface area (Å²) >= 11 is 0. The molecule has 15 nitrogen and oxygen atoms in total. The molecule has 7 rings (SSSR count). The number of aromatic amines is 1. The van der Waals surface area contributed by atoms with Crippen molar-refractivity contribution >= 4 is 39.7 Å². The van der Waals surface area contributed by atoms with Gasteiger partial charge < -0.3 is 55.3 Å². The molecule has 4 heterocycles.